The minimum Gasteiger partial charge on any atom is -0.496 e. The fourth-order valence-electron chi connectivity index (χ4n) is 1.75. The maximum atomic E-state index is 11.5. The molecule has 0 heterocycles. The Morgan fingerprint density at radius 1 is 1.44 bits per heavy atom. The highest BCUT2D eigenvalue weighted by Gasteiger charge is 2.13. The van der Waals surface area contributed by atoms with Crippen LogP contribution in [0, 0.1) is 13.8 Å². The lowest BCUT2D eigenvalue weighted by atomic mass is 10.0. The van der Waals surface area contributed by atoms with Crippen LogP contribution in [-0.2, 0) is 11.2 Å². The molecule has 4 heteroatoms. The molecule has 1 aromatic rings. The Morgan fingerprint density at radius 3 is 2.56 bits per heavy atom. The Labute approximate surface area is 96.0 Å². The first-order valence-corrected chi connectivity index (χ1v) is 5.11. The summed E-state index contributed by atoms with van der Waals surface area (Å²) in [5.41, 5.74) is 3.02. The van der Waals surface area contributed by atoms with Crippen LogP contribution in [0.3, 0.4) is 0 Å². The molecule has 0 atom stereocenters. The second-order valence-corrected chi connectivity index (χ2v) is 3.96. The third kappa shape index (κ3) is 2.73. The van der Waals surface area contributed by atoms with Gasteiger partial charge < -0.3 is 4.74 Å². The van der Waals surface area contributed by atoms with Crippen LogP contribution < -0.4 is 10.6 Å². The monoisotopic (exact) mass is 222 g/mol. The number of hydrogen-bond donors (Lipinski definition) is 1. The molecule has 16 heavy (non-hydrogen) atoms. The molecule has 2 N–H and O–H groups in total. The average molecular weight is 222 g/mol. The summed E-state index contributed by atoms with van der Waals surface area (Å²) in [6, 6.07) is 3.98. The molecule has 0 aliphatic rings. The number of benzene rings is 1. The molecule has 4 nitrogen and oxygen atoms in total. The molecule has 88 valence electrons. The third-order valence-corrected chi connectivity index (χ3v) is 2.44. The van der Waals surface area contributed by atoms with Crippen molar-refractivity contribution in [3.05, 3.63) is 28.8 Å². The number of aryl methyl sites for hydroxylation is 2. The molecule has 0 bridgehead atoms. The van der Waals surface area contributed by atoms with Crippen LogP contribution in [0.15, 0.2) is 12.1 Å². The van der Waals surface area contributed by atoms with E-state index in [2.05, 4.69) is 0 Å². The molecule has 0 aliphatic carbocycles. The predicted octanol–water partition coefficient (Wildman–Crippen LogP) is 1.19. The topological polar surface area (TPSA) is 55.6 Å². The highest BCUT2D eigenvalue weighted by molar-refractivity contribution is 5.79. The van der Waals surface area contributed by atoms with E-state index < -0.39 is 0 Å². The number of carbonyl (C=O) groups excluding carboxylic acids is 1. The summed E-state index contributed by atoms with van der Waals surface area (Å²) in [4.78, 5) is 11.5. The van der Waals surface area contributed by atoms with Gasteiger partial charge in [-0.3, -0.25) is 9.80 Å². The van der Waals surface area contributed by atoms with Gasteiger partial charge in [-0.25, -0.2) is 5.84 Å². The van der Waals surface area contributed by atoms with E-state index in [0.29, 0.717) is 0 Å². The number of nitrogens with two attached hydrogens (primary N) is 1. The number of nitrogens with zero attached hydrogens (tertiary/aromatic N) is 1. The van der Waals surface area contributed by atoms with Crippen molar-refractivity contribution in [2.24, 2.45) is 5.84 Å². The van der Waals surface area contributed by atoms with Crippen LogP contribution in [0.5, 0.6) is 5.75 Å². The fraction of sp³-hybridized carbons (Fsp3) is 0.417. The van der Waals surface area contributed by atoms with Gasteiger partial charge >= 0.3 is 0 Å². The van der Waals surface area contributed by atoms with Crippen molar-refractivity contribution >= 4 is 5.91 Å². The van der Waals surface area contributed by atoms with Crippen molar-refractivity contribution in [1.82, 2.24) is 5.01 Å². The molecule has 1 amide bonds. The number of carbonyl (C=O) groups is 1. The van der Waals surface area contributed by atoms with Crippen molar-refractivity contribution in [2.75, 3.05) is 14.2 Å². The van der Waals surface area contributed by atoms with E-state index in [1.54, 1.807) is 7.11 Å². The minimum absolute atomic E-state index is 0.136. The summed E-state index contributed by atoms with van der Waals surface area (Å²) in [5, 5.41) is 1.09. The minimum atomic E-state index is -0.136. The third-order valence-electron chi connectivity index (χ3n) is 2.44. The van der Waals surface area contributed by atoms with Gasteiger partial charge in [0.05, 0.1) is 13.5 Å². The second-order valence-electron chi connectivity index (χ2n) is 3.96. The second kappa shape index (κ2) is 4.99. The lowest BCUT2D eigenvalue weighted by Gasteiger charge is -2.14. The maximum Gasteiger partial charge on any atom is 0.240 e. The Balaban J connectivity index is 3.07. The molecule has 0 aliphatic heterocycles. The molecule has 0 radical (unpaired) electrons. The quantitative estimate of drug-likeness (QED) is 0.475. The molecular formula is C12H18N2O2. The van der Waals surface area contributed by atoms with Crippen LogP contribution in [-0.4, -0.2) is 25.1 Å². The Morgan fingerprint density at radius 2 is 2.06 bits per heavy atom. The zero-order valence-electron chi connectivity index (χ0n) is 10.2. The summed E-state index contributed by atoms with van der Waals surface area (Å²) < 4.78 is 5.30. The predicted molar refractivity (Wildman–Crippen MR) is 63.1 cm³/mol. The average Bonchev–Trinajstić information content (AvgIpc) is 2.16. The number of likely N-dealkylation sites (N-methyl/N-ethyl adjacent to an activating group) is 1. The summed E-state index contributed by atoms with van der Waals surface area (Å²) in [7, 11) is 3.15. The number of rotatable bonds is 3. The standard InChI is InChI=1S/C12H18N2O2/c1-8-5-9(2)12(16-4)10(6-8)7-11(15)14(3)13/h5-6H,7,13H2,1-4H3. The number of hydrogen-bond acceptors (Lipinski definition) is 3. The Hall–Kier alpha value is -1.55. The van der Waals surface area contributed by atoms with E-state index >= 15 is 0 Å². The molecular weight excluding hydrogens is 204 g/mol. The highest BCUT2D eigenvalue weighted by atomic mass is 16.5. The van der Waals surface area contributed by atoms with E-state index in [0.717, 1.165) is 27.4 Å². The fourth-order valence-corrected chi connectivity index (χ4v) is 1.75. The van der Waals surface area contributed by atoms with Crippen molar-refractivity contribution in [1.29, 1.82) is 0 Å². The number of ether oxygens (including phenoxy) is 1. The number of methoxy groups -OCH3 is 1. The zero-order chi connectivity index (χ0) is 12.3. The molecule has 1 aromatic carbocycles. The number of hydrazine groups is 1. The summed E-state index contributed by atoms with van der Waals surface area (Å²) >= 11 is 0. The van der Waals surface area contributed by atoms with Crippen LogP contribution in [0.1, 0.15) is 16.7 Å². The number of amides is 1. The Bertz CT molecular complexity index is 400. The highest BCUT2D eigenvalue weighted by Crippen LogP contribution is 2.25. The molecule has 1 rings (SSSR count). The van der Waals surface area contributed by atoms with Gasteiger partial charge in [-0.1, -0.05) is 17.7 Å². The molecule has 0 saturated heterocycles. The van der Waals surface area contributed by atoms with Gasteiger partial charge in [0.2, 0.25) is 5.91 Å². The van der Waals surface area contributed by atoms with Crippen LogP contribution in [0.2, 0.25) is 0 Å². The van der Waals surface area contributed by atoms with Gasteiger partial charge in [0, 0.05) is 12.6 Å². The van der Waals surface area contributed by atoms with Crippen LogP contribution in [0.25, 0.3) is 0 Å². The molecule has 0 unspecified atom stereocenters. The SMILES string of the molecule is COc1c(C)cc(C)cc1CC(=O)N(C)N. The molecule has 0 spiro atoms. The van der Waals surface area contributed by atoms with Crippen molar-refractivity contribution in [2.45, 2.75) is 20.3 Å². The van der Waals surface area contributed by atoms with Crippen molar-refractivity contribution in [3.63, 3.8) is 0 Å². The summed E-state index contributed by atoms with van der Waals surface area (Å²) in [6.07, 6.45) is 0.263. The summed E-state index contributed by atoms with van der Waals surface area (Å²) in [5.74, 6) is 6.02. The lowest BCUT2D eigenvalue weighted by Crippen LogP contribution is -2.34. The van der Waals surface area contributed by atoms with Gasteiger partial charge in [0.25, 0.3) is 0 Å². The Kier molecular flexibility index (Phi) is 3.90. The molecule has 0 fully saturated rings. The van der Waals surface area contributed by atoms with Crippen LogP contribution >= 0.6 is 0 Å². The van der Waals surface area contributed by atoms with Gasteiger partial charge in [-0.15, -0.1) is 0 Å². The van der Waals surface area contributed by atoms with Crippen molar-refractivity contribution in [3.8, 4) is 5.75 Å². The van der Waals surface area contributed by atoms with Crippen molar-refractivity contribution < 1.29 is 9.53 Å². The lowest BCUT2D eigenvalue weighted by molar-refractivity contribution is -0.129. The van der Waals surface area contributed by atoms with E-state index in [9.17, 15) is 4.79 Å². The molecule has 0 aromatic heterocycles. The first-order valence-electron chi connectivity index (χ1n) is 5.11. The van der Waals surface area contributed by atoms with E-state index in [1.807, 2.05) is 26.0 Å². The molecule has 0 saturated carbocycles. The first-order chi connectivity index (χ1) is 7.45. The smallest absolute Gasteiger partial charge is 0.240 e. The van der Waals surface area contributed by atoms with Gasteiger partial charge in [-0.05, 0) is 19.4 Å². The maximum absolute atomic E-state index is 11.5. The van der Waals surface area contributed by atoms with Gasteiger partial charge in [0.1, 0.15) is 5.75 Å². The zero-order valence-corrected chi connectivity index (χ0v) is 10.2. The first kappa shape index (κ1) is 12.5. The van der Waals surface area contributed by atoms with E-state index in [-0.39, 0.29) is 12.3 Å². The van der Waals surface area contributed by atoms with Gasteiger partial charge in [0.15, 0.2) is 0 Å². The van der Waals surface area contributed by atoms with E-state index in [1.165, 1.54) is 7.05 Å². The normalized spacial score (nSPS) is 10.1. The van der Waals surface area contributed by atoms with Gasteiger partial charge in [-0.2, -0.15) is 0 Å². The van der Waals surface area contributed by atoms with E-state index in [4.69, 9.17) is 10.6 Å². The summed E-state index contributed by atoms with van der Waals surface area (Å²) in [6.45, 7) is 3.96. The largest absolute Gasteiger partial charge is 0.496 e. The van der Waals surface area contributed by atoms with Crippen LogP contribution in [0.4, 0.5) is 0 Å².